The standard InChI is InChI=1S/C11H11F2NO3S/c12-11(13)18-6-5-14-9(15)7-1-3-8(4-2-7)10(16)17/h1-4,11H,5-6H2,(H,14,15)(H,16,17). The normalized spacial score (nSPS) is 10.4. The van der Waals surface area contributed by atoms with Crippen LogP contribution < -0.4 is 5.32 Å². The van der Waals surface area contributed by atoms with E-state index in [1.54, 1.807) is 0 Å². The summed E-state index contributed by atoms with van der Waals surface area (Å²) in [6, 6.07) is 5.37. The van der Waals surface area contributed by atoms with E-state index in [0.29, 0.717) is 17.3 Å². The second-order valence-corrected chi connectivity index (χ2v) is 4.37. The zero-order chi connectivity index (χ0) is 13.5. The van der Waals surface area contributed by atoms with Crippen molar-refractivity contribution < 1.29 is 23.5 Å². The van der Waals surface area contributed by atoms with Gasteiger partial charge in [0.05, 0.1) is 5.56 Å². The Morgan fingerprint density at radius 1 is 1.22 bits per heavy atom. The molecule has 0 radical (unpaired) electrons. The number of carboxylic acid groups (broad SMARTS) is 1. The van der Waals surface area contributed by atoms with E-state index in [4.69, 9.17) is 5.11 Å². The Labute approximate surface area is 106 Å². The quantitative estimate of drug-likeness (QED) is 0.780. The lowest BCUT2D eigenvalue weighted by Gasteiger charge is -2.05. The molecule has 0 aliphatic heterocycles. The lowest BCUT2D eigenvalue weighted by Crippen LogP contribution is -2.26. The number of hydrogen-bond donors (Lipinski definition) is 2. The highest BCUT2D eigenvalue weighted by molar-refractivity contribution is 7.99. The lowest BCUT2D eigenvalue weighted by molar-refractivity contribution is 0.0696. The van der Waals surface area contributed by atoms with Gasteiger partial charge in [0.1, 0.15) is 0 Å². The van der Waals surface area contributed by atoms with Crippen molar-refractivity contribution in [2.24, 2.45) is 0 Å². The van der Waals surface area contributed by atoms with Crippen LogP contribution in [0.2, 0.25) is 0 Å². The first-order valence-electron chi connectivity index (χ1n) is 5.02. The molecule has 98 valence electrons. The Morgan fingerprint density at radius 2 is 1.78 bits per heavy atom. The molecule has 0 bridgehead atoms. The van der Waals surface area contributed by atoms with Gasteiger partial charge in [-0.15, -0.1) is 0 Å². The number of halogens is 2. The molecule has 1 aromatic rings. The largest absolute Gasteiger partial charge is 0.478 e. The first-order valence-corrected chi connectivity index (χ1v) is 6.07. The summed E-state index contributed by atoms with van der Waals surface area (Å²) in [5, 5.41) is 11.1. The van der Waals surface area contributed by atoms with Gasteiger partial charge in [-0.05, 0) is 24.3 Å². The lowest BCUT2D eigenvalue weighted by atomic mass is 10.1. The van der Waals surface area contributed by atoms with Gasteiger partial charge in [0.25, 0.3) is 11.7 Å². The van der Waals surface area contributed by atoms with Crippen LogP contribution in [0.1, 0.15) is 20.7 Å². The highest BCUT2D eigenvalue weighted by Crippen LogP contribution is 2.11. The van der Waals surface area contributed by atoms with E-state index in [1.165, 1.54) is 24.3 Å². The molecule has 18 heavy (non-hydrogen) atoms. The Kier molecular flexibility index (Phi) is 5.57. The number of rotatable bonds is 6. The molecule has 1 aromatic carbocycles. The number of nitrogens with one attached hydrogen (secondary N) is 1. The molecule has 0 aliphatic carbocycles. The van der Waals surface area contributed by atoms with E-state index >= 15 is 0 Å². The van der Waals surface area contributed by atoms with E-state index < -0.39 is 17.6 Å². The molecule has 2 N–H and O–H groups in total. The molecule has 0 fully saturated rings. The fraction of sp³-hybridized carbons (Fsp3) is 0.273. The van der Waals surface area contributed by atoms with Gasteiger partial charge in [-0.1, -0.05) is 11.8 Å². The highest BCUT2D eigenvalue weighted by atomic mass is 32.2. The molecular formula is C11H11F2NO3S. The van der Waals surface area contributed by atoms with Crippen LogP contribution in [-0.2, 0) is 0 Å². The second kappa shape index (κ2) is 6.95. The summed E-state index contributed by atoms with van der Waals surface area (Å²) in [5.41, 5.74) is 0.377. The molecule has 0 saturated carbocycles. The molecule has 0 unspecified atom stereocenters. The Balaban J connectivity index is 2.44. The van der Waals surface area contributed by atoms with Crippen LogP contribution >= 0.6 is 11.8 Å². The van der Waals surface area contributed by atoms with Gasteiger partial charge in [0.2, 0.25) is 0 Å². The third kappa shape index (κ3) is 4.70. The first-order chi connectivity index (χ1) is 8.50. The number of carbonyl (C=O) groups is 2. The molecule has 0 aliphatic rings. The zero-order valence-corrected chi connectivity index (χ0v) is 10.0. The minimum atomic E-state index is -2.45. The highest BCUT2D eigenvalue weighted by Gasteiger charge is 2.08. The second-order valence-electron chi connectivity index (χ2n) is 3.27. The number of carbonyl (C=O) groups excluding carboxylic acids is 1. The Bertz CT molecular complexity index is 423. The van der Waals surface area contributed by atoms with Crippen molar-refractivity contribution >= 4 is 23.6 Å². The predicted octanol–water partition coefficient (Wildman–Crippen LogP) is 2.07. The third-order valence-corrected chi connectivity index (χ3v) is 2.72. The van der Waals surface area contributed by atoms with Gasteiger partial charge in [-0.25, -0.2) is 4.79 Å². The molecule has 7 heteroatoms. The number of thioether (sulfide) groups is 1. The van der Waals surface area contributed by atoms with Gasteiger partial charge in [0.15, 0.2) is 0 Å². The molecule has 0 heterocycles. The fourth-order valence-corrected chi connectivity index (χ4v) is 1.58. The van der Waals surface area contributed by atoms with E-state index in [9.17, 15) is 18.4 Å². The number of aromatic carboxylic acids is 1. The maximum atomic E-state index is 11.8. The van der Waals surface area contributed by atoms with E-state index in [2.05, 4.69) is 5.32 Å². The van der Waals surface area contributed by atoms with Crippen LogP contribution in [-0.4, -0.2) is 35.0 Å². The number of benzene rings is 1. The van der Waals surface area contributed by atoms with Crippen LogP contribution in [0, 0.1) is 0 Å². The van der Waals surface area contributed by atoms with Crippen molar-refractivity contribution in [3.63, 3.8) is 0 Å². The van der Waals surface area contributed by atoms with Gasteiger partial charge in [0, 0.05) is 17.9 Å². The van der Waals surface area contributed by atoms with Gasteiger partial charge < -0.3 is 10.4 Å². The van der Waals surface area contributed by atoms with E-state index in [1.807, 2.05) is 0 Å². The van der Waals surface area contributed by atoms with Crippen molar-refractivity contribution in [2.75, 3.05) is 12.3 Å². The first kappa shape index (κ1) is 14.4. The van der Waals surface area contributed by atoms with Gasteiger partial charge in [-0.2, -0.15) is 8.78 Å². The van der Waals surface area contributed by atoms with E-state index in [-0.39, 0.29) is 17.9 Å². The van der Waals surface area contributed by atoms with Crippen LogP contribution in [0.4, 0.5) is 8.78 Å². The molecule has 1 rings (SSSR count). The molecule has 0 aromatic heterocycles. The number of amides is 1. The fourth-order valence-electron chi connectivity index (χ4n) is 1.18. The number of alkyl halides is 2. The topological polar surface area (TPSA) is 66.4 Å². The molecule has 0 saturated heterocycles. The minimum absolute atomic E-state index is 0.0832. The van der Waals surface area contributed by atoms with Crippen molar-refractivity contribution in [1.29, 1.82) is 0 Å². The summed E-state index contributed by atoms with van der Waals surface area (Å²) in [4.78, 5) is 22.1. The smallest absolute Gasteiger partial charge is 0.335 e. The summed E-state index contributed by atoms with van der Waals surface area (Å²) in [6.07, 6.45) is 0. The van der Waals surface area contributed by atoms with Crippen molar-refractivity contribution in [3.05, 3.63) is 35.4 Å². The van der Waals surface area contributed by atoms with Crippen LogP contribution in [0.25, 0.3) is 0 Å². The summed E-state index contributed by atoms with van der Waals surface area (Å²) in [6.45, 7) is 0.133. The third-order valence-electron chi connectivity index (χ3n) is 2.03. The van der Waals surface area contributed by atoms with Gasteiger partial charge in [-0.3, -0.25) is 4.79 Å². The summed E-state index contributed by atoms with van der Waals surface area (Å²) < 4.78 is 23.6. The average Bonchev–Trinajstić information content (AvgIpc) is 2.34. The molecule has 0 atom stereocenters. The Morgan fingerprint density at radius 3 is 2.28 bits per heavy atom. The number of hydrogen-bond acceptors (Lipinski definition) is 3. The molecule has 1 amide bonds. The summed E-state index contributed by atoms with van der Waals surface area (Å²) >= 11 is 0.449. The molecular weight excluding hydrogens is 264 g/mol. The summed E-state index contributed by atoms with van der Waals surface area (Å²) in [7, 11) is 0. The maximum Gasteiger partial charge on any atom is 0.335 e. The van der Waals surface area contributed by atoms with Crippen molar-refractivity contribution in [1.82, 2.24) is 5.32 Å². The SMILES string of the molecule is O=C(O)c1ccc(C(=O)NCCSC(F)F)cc1. The van der Waals surface area contributed by atoms with Gasteiger partial charge >= 0.3 is 5.97 Å². The average molecular weight is 275 g/mol. The van der Waals surface area contributed by atoms with Crippen LogP contribution in [0.15, 0.2) is 24.3 Å². The number of carboxylic acids is 1. The van der Waals surface area contributed by atoms with E-state index in [0.717, 1.165) is 0 Å². The monoisotopic (exact) mass is 275 g/mol. The minimum Gasteiger partial charge on any atom is -0.478 e. The maximum absolute atomic E-state index is 11.8. The van der Waals surface area contributed by atoms with Crippen LogP contribution in [0.5, 0.6) is 0 Å². The van der Waals surface area contributed by atoms with Crippen molar-refractivity contribution in [3.8, 4) is 0 Å². The summed E-state index contributed by atoms with van der Waals surface area (Å²) in [5.74, 6) is -3.81. The predicted molar refractivity (Wildman–Crippen MR) is 64.2 cm³/mol. The molecule has 0 spiro atoms. The zero-order valence-electron chi connectivity index (χ0n) is 9.23. The Hall–Kier alpha value is -1.63. The van der Waals surface area contributed by atoms with Crippen molar-refractivity contribution in [2.45, 2.75) is 5.76 Å². The van der Waals surface area contributed by atoms with Crippen LogP contribution in [0.3, 0.4) is 0 Å². The molecule has 4 nitrogen and oxygen atoms in total.